The van der Waals surface area contributed by atoms with Crippen LogP contribution in [0.15, 0.2) is 41.5 Å². The molecule has 2 aromatic rings. The van der Waals surface area contributed by atoms with Crippen molar-refractivity contribution in [2.45, 2.75) is 40.3 Å². The molecule has 0 radical (unpaired) electrons. The largest absolute Gasteiger partial charge is 0.439 e. The highest BCUT2D eigenvalue weighted by Crippen LogP contribution is 2.22. The second-order valence-corrected chi connectivity index (χ2v) is 5.85. The van der Waals surface area contributed by atoms with Crippen LogP contribution in [-0.4, -0.2) is 17.0 Å². The van der Waals surface area contributed by atoms with Gasteiger partial charge in [0.05, 0.1) is 6.54 Å². The van der Waals surface area contributed by atoms with Gasteiger partial charge in [-0.25, -0.2) is 9.98 Å². The quantitative estimate of drug-likeness (QED) is 0.420. The summed E-state index contributed by atoms with van der Waals surface area (Å²) in [5.74, 6) is 1.77. The van der Waals surface area contributed by atoms with Crippen LogP contribution in [0, 0.1) is 13.8 Å². The average Bonchev–Trinajstić information content (AvgIpc) is 2.49. The number of halogens is 1. The molecule has 0 saturated carbocycles. The van der Waals surface area contributed by atoms with E-state index in [1.807, 2.05) is 44.2 Å². The maximum Gasteiger partial charge on any atom is 0.219 e. The molecule has 0 saturated heterocycles. The van der Waals surface area contributed by atoms with Crippen molar-refractivity contribution in [3.05, 3.63) is 53.2 Å². The fourth-order valence-electron chi connectivity index (χ4n) is 2.02. The number of benzene rings is 1. The molecule has 0 amide bonds. The second kappa shape index (κ2) is 9.46. The smallest absolute Gasteiger partial charge is 0.219 e. The number of pyridine rings is 1. The molecule has 0 unspecified atom stereocenters. The molecule has 0 spiro atoms. The van der Waals surface area contributed by atoms with E-state index < -0.39 is 0 Å². The summed E-state index contributed by atoms with van der Waals surface area (Å²) in [5, 5.41) is 3.06. The van der Waals surface area contributed by atoms with Crippen molar-refractivity contribution in [3.8, 4) is 11.6 Å². The Bertz CT molecular complexity index is 701. The molecule has 2 rings (SSSR count). The summed E-state index contributed by atoms with van der Waals surface area (Å²) < 4.78 is 5.82. The fourth-order valence-corrected chi connectivity index (χ4v) is 2.02. The minimum atomic E-state index is 0. The first kappa shape index (κ1) is 20.2. The molecule has 0 aliphatic rings. The van der Waals surface area contributed by atoms with Gasteiger partial charge in [-0.2, -0.15) is 0 Å². The van der Waals surface area contributed by atoms with Gasteiger partial charge < -0.3 is 15.8 Å². The lowest BCUT2D eigenvalue weighted by atomic mass is 10.1. The zero-order valence-electron chi connectivity index (χ0n) is 14.5. The molecule has 24 heavy (non-hydrogen) atoms. The molecule has 0 fully saturated rings. The Balaban J connectivity index is 0.00000288. The number of aryl methyl sites for hydroxylation is 2. The monoisotopic (exact) mass is 440 g/mol. The van der Waals surface area contributed by atoms with Gasteiger partial charge in [-0.15, -0.1) is 24.0 Å². The standard InChI is InChI=1S/C18H24N4O.HI/c1-12(2)22-18(19)21-11-15-7-8-20-17(10-15)23-16-6-5-13(3)14(4)9-16;/h5-10,12H,11H2,1-4H3,(H3,19,21,22);1H. The summed E-state index contributed by atoms with van der Waals surface area (Å²) in [7, 11) is 0. The van der Waals surface area contributed by atoms with E-state index in [4.69, 9.17) is 10.5 Å². The third kappa shape index (κ3) is 6.35. The third-order valence-corrected chi connectivity index (χ3v) is 3.37. The van der Waals surface area contributed by atoms with Crippen LogP contribution in [0.2, 0.25) is 0 Å². The molecule has 1 heterocycles. The Kier molecular flexibility index (Phi) is 7.97. The molecule has 3 N–H and O–H groups in total. The topological polar surface area (TPSA) is 72.5 Å². The highest BCUT2D eigenvalue weighted by Gasteiger charge is 2.03. The molecule has 6 heteroatoms. The molecular formula is C18H25IN4O. The Hall–Kier alpha value is -1.83. The summed E-state index contributed by atoms with van der Waals surface area (Å²) in [6, 6.07) is 10.0. The molecule has 0 aliphatic carbocycles. The zero-order valence-corrected chi connectivity index (χ0v) is 16.9. The van der Waals surface area contributed by atoms with Crippen molar-refractivity contribution >= 4 is 29.9 Å². The van der Waals surface area contributed by atoms with Gasteiger partial charge >= 0.3 is 0 Å². The van der Waals surface area contributed by atoms with Gasteiger partial charge in [-0.1, -0.05) is 6.07 Å². The van der Waals surface area contributed by atoms with Crippen LogP contribution in [0.3, 0.4) is 0 Å². The third-order valence-electron chi connectivity index (χ3n) is 3.37. The fraction of sp³-hybridized carbons (Fsp3) is 0.333. The van der Waals surface area contributed by atoms with E-state index in [0.717, 1.165) is 11.3 Å². The number of hydrogen-bond acceptors (Lipinski definition) is 3. The normalized spacial score (nSPS) is 11.1. The molecule has 5 nitrogen and oxygen atoms in total. The van der Waals surface area contributed by atoms with E-state index in [9.17, 15) is 0 Å². The summed E-state index contributed by atoms with van der Waals surface area (Å²) in [5.41, 5.74) is 9.23. The number of hydrogen-bond donors (Lipinski definition) is 2. The first-order valence-corrected chi connectivity index (χ1v) is 7.70. The Morgan fingerprint density at radius 3 is 2.62 bits per heavy atom. The molecule has 1 aromatic heterocycles. The van der Waals surface area contributed by atoms with Crippen LogP contribution >= 0.6 is 24.0 Å². The van der Waals surface area contributed by atoms with E-state index in [1.165, 1.54) is 11.1 Å². The first-order valence-electron chi connectivity index (χ1n) is 7.70. The van der Waals surface area contributed by atoms with Crippen LogP contribution in [0.5, 0.6) is 11.6 Å². The van der Waals surface area contributed by atoms with Crippen LogP contribution in [0.1, 0.15) is 30.5 Å². The zero-order chi connectivity index (χ0) is 16.8. The number of nitrogens with one attached hydrogen (secondary N) is 1. The molecular weight excluding hydrogens is 415 g/mol. The number of nitrogens with two attached hydrogens (primary N) is 1. The van der Waals surface area contributed by atoms with Crippen molar-refractivity contribution in [1.82, 2.24) is 10.3 Å². The second-order valence-electron chi connectivity index (χ2n) is 5.85. The van der Waals surface area contributed by atoms with Crippen molar-refractivity contribution < 1.29 is 4.74 Å². The van der Waals surface area contributed by atoms with Crippen LogP contribution in [0.4, 0.5) is 0 Å². The molecule has 1 aromatic carbocycles. The molecule has 130 valence electrons. The summed E-state index contributed by atoms with van der Waals surface area (Å²) in [6.07, 6.45) is 1.72. The first-order chi connectivity index (χ1) is 10.9. The minimum absolute atomic E-state index is 0. The molecule has 0 aliphatic heterocycles. The van der Waals surface area contributed by atoms with Gasteiger partial charge in [0.25, 0.3) is 0 Å². The minimum Gasteiger partial charge on any atom is -0.439 e. The number of aliphatic imine (C=N–C) groups is 1. The summed E-state index contributed by atoms with van der Waals surface area (Å²) in [6.45, 7) is 8.66. The SMILES string of the molecule is Cc1ccc(Oc2cc(CN=C(N)NC(C)C)ccn2)cc1C.I. The van der Waals surface area contributed by atoms with E-state index >= 15 is 0 Å². The van der Waals surface area contributed by atoms with Crippen molar-refractivity contribution in [3.63, 3.8) is 0 Å². The van der Waals surface area contributed by atoms with Crippen LogP contribution < -0.4 is 15.8 Å². The van der Waals surface area contributed by atoms with Crippen LogP contribution in [0.25, 0.3) is 0 Å². The summed E-state index contributed by atoms with van der Waals surface area (Å²) in [4.78, 5) is 8.55. The van der Waals surface area contributed by atoms with E-state index in [-0.39, 0.29) is 30.0 Å². The lowest BCUT2D eigenvalue weighted by molar-refractivity contribution is 0.461. The van der Waals surface area contributed by atoms with Gasteiger partial charge in [0.2, 0.25) is 5.88 Å². The van der Waals surface area contributed by atoms with Gasteiger partial charge in [0.1, 0.15) is 5.75 Å². The lowest BCUT2D eigenvalue weighted by Gasteiger charge is -2.09. The number of nitrogens with zero attached hydrogens (tertiary/aromatic N) is 2. The number of rotatable bonds is 5. The molecule has 0 bridgehead atoms. The molecule has 0 atom stereocenters. The van der Waals surface area contributed by atoms with Crippen molar-refractivity contribution in [1.29, 1.82) is 0 Å². The van der Waals surface area contributed by atoms with Gasteiger partial charge in [0, 0.05) is 18.3 Å². The number of guanidine groups is 1. The predicted molar refractivity (Wildman–Crippen MR) is 109 cm³/mol. The van der Waals surface area contributed by atoms with Crippen molar-refractivity contribution in [2.24, 2.45) is 10.7 Å². The summed E-state index contributed by atoms with van der Waals surface area (Å²) >= 11 is 0. The highest BCUT2D eigenvalue weighted by atomic mass is 127. The van der Waals surface area contributed by atoms with Crippen molar-refractivity contribution in [2.75, 3.05) is 0 Å². The average molecular weight is 440 g/mol. The van der Waals surface area contributed by atoms with Crippen LogP contribution in [-0.2, 0) is 6.54 Å². The lowest BCUT2D eigenvalue weighted by Crippen LogP contribution is -2.36. The number of ether oxygens (including phenoxy) is 1. The van der Waals surface area contributed by atoms with E-state index in [1.54, 1.807) is 6.20 Å². The number of aromatic nitrogens is 1. The van der Waals surface area contributed by atoms with Gasteiger partial charge in [0.15, 0.2) is 5.96 Å². The highest BCUT2D eigenvalue weighted by molar-refractivity contribution is 14.0. The maximum absolute atomic E-state index is 5.82. The predicted octanol–water partition coefficient (Wildman–Crippen LogP) is 3.92. The van der Waals surface area contributed by atoms with Gasteiger partial charge in [-0.3, -0.25) is 0 Å². The Morgan fingerprint density at radius 1 is 1.21 bits per heavy atom. The maximum atomic E-state index is 5.82. The van der Waals surface area contributed by atoms with E-state index in [0.29, 0.717) is 18.4 Å². The Morgan fingerprint density at radius 2 is 1.96 bits per heavy atom. The Labute approximate surface area is 160 Å². The van der Waals surface area contributed by atoms with E-state index in [2.05, 4.69) is 29.1 Å². The van der Waals surface area contributed by atoms with Gasteiger partial charge in [-0.05, 0) is 62.6 Å².